The second kappa shape index (κ2) is 6.13. The number of carbonyl (C=O) groups is 2. The smallest absolute Gasteiger partial charge is 0.335 e. The van der Waals surface area contributed by atoms with Crippen molar-refractivity contribution >= 4 is 29.2 Å². The number of nitrogens with one attached hydrogen (secondary N) is 1. The van der Waals surface area contributed by atoms with Gasteiger partial charge in [-0.1, -0.05) is 11.6 Å². The first-order chi connectivity index (χ1) is 9.52. The van der Waals surface area contributed by atoms with Crippen LogP contribution < -0.4 is 10.2 Å². The predicted octanol–water partition coefficient (Wildman–Crippen LogP) is 2.00. The van der Waals surface area contributed by atoms with Gasteiger partial charge >= 0.3 is 5.97 Å². The number of carboxylic acids is 1. The van der Waals surface area contributed by atoms with Crippen LogP contribution in [0.4, 0.5) is 5.69 Å². The molecule has 0 radical (unpaired) electrons. The number of nitrogens with zero attached hydrogens (tertiary/aromatic N) is 1. The lowest BCUT2D eigenvalue weighted by Gasteiger charge is -2.33. The SMILES string of the molecule is CNC(=O)C1CCN(c2ccc(C(=O)O)cc2Cl)CC1. The molecule has 1 saturated heterocycles. The van der Waals surface area contributed by atoms with Crippen LogP contribution in [-0.4, -0.2) is 37.1 Å². The van der Waals surface area contributed by atoms with Gasteiger partial charge in [0.1, 0.15) is 0 Å². The van der Waals surface area contributed by atoms with E-state index in [1.165, 1.54) is 6.07 Å². The molecule has 2 N–H and O–H groups in total. The summed E-state index contributed by atoms with van der Waals surface area (Å²) < 4.78 is 0. The average molecular weight is 297 g/mol. The maximum atomic E-state index is 11.6. The molecule has 6 heteroatoms. The molecule has 0 spiro atoms. The molecule has 5 nitrogen and oxygen atoms in total. The molecule has 1 aromatic carbocycles. The van der Waals surface area contributed by atoms with E-state index in [0.717, 1.165) is 31.6 Å². The standard InChI is InChI=1S/C14H17ClN2O3/c1-16-13(18)9-4-6-17(7-5-9)12-3-2-10(14(19)20)8-11(12)15/h2-3,8-9H,4-7H2,1H3,(H,16,18)(H,19,20). The molecule has 0 unspecified atom stereocenters. The molecule has 0 aromatic heterocycles. The molecule has 1 heterocycles. The molecule has 0 bridgehead atoms. The fourth-order valence-electron chi connectivity index (χ4n) is 2.48. The number of benzene rings is 1. The van der Waals surface area contributed by atoms with E-state index < -0.39 is 5.97 Å². The predicted molar refractivity (Wildman–Crippen MR) is 77.4 cm³/mol. The maximum Gasteiger partial charge on any atom is 0.335 e. The topological polar surface area (TPSA) is 69.6 Å². The van der Waals surface area contributed by atoms with Gasteiger partial charge < -0.3 is 15.3 Å². The zero-order chi connectivity index (χ0) is 14.7. The molecule has 0 aliphatic carbocycles. The highest BCUT2D eigenvalue weighted by atomic mass is 35.5. The van der Waals surface area contributed by atoms with Crippen molar-refractivity contribution < 1.29 is 14.7 Å². The summed E-state index contributed by atoms with van der Waals surface area (Å²) in [5.41, 5.74) is 1.01. The third-order valence-corrected chi connectivity index (χ3v) is 3.95. The van der Waals surface area contributed by atoms with Crippen LogP contribution in [0.2, 0.25) is 5.02 Å². The zero-order valence-corrected chi connectivity index (χ0v) is 12.0. The van der Waals surface area contributed by atoms with Gasteiger partial charge in [-0.05, 0) is 31.0 Å². The Morgan fingerprint density at radius 3 is 2.50 bits per heavy atom. The van der Waals surface area contributed by atoms with E-state index in [4.69, 9.17) is 16.7 Å². The second-order valence-corrected chi connectivity index (χ2v) is 5.25. The Labute approximate surface area is 122 Å². The Bertz CT molecular complexity index is 525. The molecule has 0 saturated carbocycles. The van der Waals surface area contributed by atoms with Gasteiger partial charge in [-0.3, -0.25) is 4.79 Å². The first-order valence-corrected chi connectivity index (χ1v) is 6.90. The van der Waals surface area contributed by atoms with E-state index in [0.29, 0.717) is 5.02 Å². The Balaban J connectivity index is 2.07. The Morgan fingerprint density at radius 2 is 2.00 bits per heavy atom. The summed E-state index contributed by atoms with van der Waals surface area (Å²) in [7, 11) is 1.65. The molecule has 1 amide bonds. The molecule has 0 atom stereocenters. The number of carboxylic acid groups (broad SMARTS) is 1. The second-order valence-electron chi connectivity index (χ2n) is 4.85. The summed E-state index contributed by atoms with van der Waals surface area (Å²) >= 11 is 6.15. The molecule has 2 rings (SSSR count). The normalized spacial score (nSPS) is 16.0. The van der Waals surface area contributed by atoms with Crippen molar-refractivity contribution in [3.05, 3.63) is 28.8 Å². The lowest BCUT2D eigenvalue weighted by atomic mass is 9.95. The van der Waals surface area contributed by atoms with E-state index in [2.05, 4.69) is 10.2 Å². The largest absolute Gasteiger partial charge is 0.478 e. The third-order valence-electron chi connectivity index (χ3n) is 3.65. The fraction of sp³-hybridized carbons (Fsp3) is 0.429. The van der Waals surface area contributed by atoms with Gasteiger partial charge in [-0.15, -0.1) is 0 Å². The first kappa shape index (κ1) is 14.7. The van der Waals surface area contributed by atoms with Crippen LogP contribution in [0.3, 0.4) is 0 Å². The number of aromatic carboxylic acids is 1. The molecule has 1 fully saturated rings. The fourth-order valence-corrected chi connectivity index (χ4v) is 2.78. The van der Waals surface area contributed by atoms with Crippen LogP contribution in [-0.2, 0) is 4.79 Å². The average Bonchev–Trinajstić information content (AvgIpc) is 2.46. The van der Waals surface area contributed by atoms with Gasteiger partial charge in [0.25, 0.3) is 0 Å². The van der Waals surface area contributed by atoms with E-state index >= 15 is 0 Å². The van der Waals surface area contributed by atoms with Crippen molar-refractivity contribution in [2.75, 3.05) is 25.0 Å². The number of piperidine rings is 1. The number of hydrogen-bond acceptors (Lipinski definition) is 3. The monoisotopic (exact) mass is 296 g/mol. The van der Waals surface area contributed by atoms with Crippen LogP contribution in [0, 0.1) is 5.92 Å². The summed E-state index contributed by atoms with van der Waals surface area (Å²) in [5.74, 6) is -0.859. The van der Waals surface area contributed by atoms with Gasteiger partial charge in [-0.25, -0.2) is 4.79 Å². The van der Waals surface area contributed by atoms with Crippen LogP contribution in [0.25, 0.3) is 0 Å². The minimum atomic E-state index is -0.989. The number of carbonyl (C=O) groups excluding carboxylic acids is 1. The molecular weight excluding hydrogens is 280 g/mol. The molecule has 20 heavy (non-hydrogen) atoms. The highest BCUT2D eigenvalue weighted by Crippen LogP contribution is 2.30. The Kier molecular flexibility index (Phi) is 4.49. The molecule has 1 aliphatic heterocycles. The Morgan fingerprint density at radius 1 is 1.35 bits per heavy atom. The highest BCUT2D eigenvalue weighted by Gasteiger charge is 2.25. The first-order valence-electron chi connectivity index (χ1n) is 6.52. The van der Waals surface area contributed by atoms with Crippen LogP contribution in [0.1, 0.15) is 23.2 Å². The van der Waals surface area contributed by atoms with E-state index in [-0.39, 0.29) is 17.4 Å². The number of halogens is 1. The molecule has 1 aromatic rings. The number of rotatable bonds is 3. The van der Waals surface area contributed by atoms with Gasteiger partial charge in [-0.2, -0.15) is 0 Å². The number of anilines is 1. The highest BCUT2D eigenvalue weighted by molar-refractivity contribution is 6.33. The van der Waals surface area contributed by atoms with Gasteiger partial charge in [0.05, 0.1) is 16.3 Å². The summed E-state index contributed by atoms with van der Waals surface area (Å²) in [6.07, 6.45) is 1.55. The molecular formula is C14H17ClN2O3. The van der Waals surface area contributed by atoms with Crippen molar-refractivity contribution in [3.63, 3.8) is 0 Å². The summed E-state index contributed by atoms with van der Waals surface area (Å²) in [5, 5.41) is 12.0. The van der Waals surface area contributed by atoms with E-state index in [1.807, 2.05) is 0 Å². The Hall–Kier alpha value is -1.75. The molecule has 1 aliphatic rings. The minimum Gasteiger partial charge on any atom is -0.478 e. The molecule has 108 valence electrons. The maximum absolute atomic E-state index is 11.6. The lowest BCUT2D eigenvalue weighted by Crippen LogP contribution is -2.39. The van der Waals surface area contributed by atoms with Crippen LogP contribution in [0.15, 0.2) is 18.2 Å². The summed E-state index contributed by atoms with van der Waals surface area (Å²) in [6.45, 7) is 1.48. The lowest BCUT2D eigenvalue weighted by molar-refractivity contribution is -0.125. The minimum absolute atomic E-state index is 0.0494. The van der Waals surface area contributed by atoms with Crippen LogP contribution >= 0.6 is 11.6 Å². The van der Waals surface area contributed by atoms with E-state index in [9.17, 15) is 9.59 Å². The van der Waals surface area contributed by atoms with Gasteiger partial charge in [0.2, 0.25) is 5.91 Å². The van der Waals surface area contributed by atoms with Gasteiger partial charge in [0.15, 0.2) is 0 Å². The van der Waals surface area contributed by atoms with Crippen molar-refractivity contribution in [2.24, 2.45) is 5.92 Å². The number of hydrogen-bond donors (Lipinski definition) is 2. The zero-order valence-electron chi connectivity index (χ0n) is 11.2. The van der Waals surface area contributed by atoms with Crippen molar-refractivity contribution in [2.45, 2.75) is 12.8 Å². The van der Waals surface area contributed by atoms with Crippen LogP contribution in [0.5, 0.6) is 0 Å². The summed E-state index contributed by atoms with van der Waals surface area (Å²) in [4.78, 5) is 24.5. The van der Waals surface area contributed by atoms with Gasteiger partial charge in [0, 0.05) is 26.1 Å². The van der Waals surface area contributed by atoms with Crippen molar-refractivity contribution in [3.8, 4) is 0 Å². The van der Waals surface area contributed by atoms with Crippen molar-refractivity contribution in [1.82, 2.24) is 5.32 Å². The number of amides is 1. The summed E-state index contributed by atoms with van der Waals surface area (Å²) in [6, 6.07) is 4.74. The van der Waals surface area contributed by atoms with Crippen molar-refractivity contribution in [1.29, 1.82) is 0 Å². The third kappa shape index (κ3) is 3.04. The quantitative estimate of drug-likeness (QED) is 0.895. The van der Waals surface area contributed by atoms with E-state index in [1.54, 1.807) is 19.2 Å².